The predicted octanol–water partition coefficient (Wildman–Crippen LogP) is 5.35. The van der Waals surface area contributed by atoms with Crippen LogP contribution in [0, 0.1) is 6.92 Å². The molecule has 0 aliphatic rings. The van der Waals surface area contributed by atoms with Crippen LogP contribution in [-0.2, 0) is 0 Å². The van der Waals surface area contributed by atoms with E-state index in [0.29, 0.717) is 22.6 Å². The van der Waals surface area contributed by atoms with Crippen molar-refractivity contribution in [1.29, 1.82) is 0 Å². The summed E-state index contributed by atoms with van der Waals surface area (Å²) < 4.78 is 43.1. The smallest absolute Gasteiger partial charge is 0.406 e. The molecule has 0 aliphatic carbocycles. The number of aromatic nitrogens is 3. The van der Waals surface area contributed by atoms with E-state index in [0.717, 1.165) is 11.3 Å². The summed E-state index contributed by atoms with van der Waals surface area (Å²) in [5.74, 6) is 0.306. The lowest BCUT2D eigenvalue weighted by Crippen LogP contribution is -2.17. The van der Waals surface area contributed by atoms with Gasteiger partial charge >= 0.3 is 6.36 Å². The Balaban J connectivity index is 1.70. The van der Waals surface area contributed by atoms with Gasteiger partial charge in [0.2, 0.25) is 0 Å². The fraction of sp³-hybridized carbons (Fsp3) is 0.100. The maximum Gasteiger partial charge on any atom is 0.573 e. The molecule has 2 heterocycles. The second-order valence-electron chi connectivity index (χ2n) is 6.21. The number of hydrogen-bond donors (Lipinski definition) is 1. The first-order valence-corrected chi connectivity index (χ1v) is 8.42. The predicted molar refractivity (Wildman–Crippen MR) is 99.6 cm³/mol. The van der Waals surface area contributed by atoms with Crippen molar-refractivity contribution in [3.05, 3.63) is 72.6 Å². The topological polar surface area (TPSA) is 51.5 Å². The van der Waals surface area contributed by atoms with Gasteiger partial charge in [0.05, 0.1) is 6.20 Å². The lowest BCUT2D eigenvalue weighted by atomic mass is 10.1. The van der Waals surface area contributed by atoms with Crippen molar-refractivity contribution in [1.82, 2.24) is 14.6 Å². The third-order valence-corrected chi connectivity index (χ3v) is 4.04. The van der Waals surface area contributed by atoms with E-state index >= 15 is 0 Å². The maximum atomic E-state index is 12.5. The SMILES string of the molecule is Cc1cccc(Nc2ccn3ncc(-c4cccc(OC(F)(F)F)c4)c3n2)c1. The molecule has 28 heavy (non-hydrogen) atoms. The van der Waals surface area contributed by atoms with Gasteiger partial charge in [-0.2, -0.15) is 5.10 Å². The van der Waals surface area contributed by atoms with Crippen LogP contribution >= 0.6 is 0 Å². The summed E-state index contributed by atoms with van der Waals surface area (Å²) in [4.78, 5) is 4.57. The molecule has 2 aromatic heterocycles. The van der Waals surface area contributed by atoms with Gasteiger partial charge in [0.1, 0.15) is 11.6 Å². The van der Waals surface area contributed by atoms with Crippen LogP contribution < -0.4 is 10.1 Å². The van der Waals surface area contributed by atoms with Crippen molar-refractivity contribution in [2.24, 2.45) is 0 Å². The van der Waals surface area contributed by atoms with Crippen molar-refractivity contribution in [3.8, 4) is 16.9 Å². The zero-order chi connectivity index (χ0) is 19.7. The summed E-state index contributed by atoms with van der Waals surface area (Å²) in [6.45, 7) is 1.99. The van der Waals surface area contributed by atoms with Crippen molar-refractivity contribution >= 4 is 17.2 Å². The number of ether oxygens (including phenoxy) is 1. The summed E-state index contributed by atoms with van der Waals surface area (Å²) >= 11 is 0. The van der Waals surface area contributed by atoms with Gasteiger partial charge < -0.3 is 10.1 Å². The summed E-state index contributed by atoms with van der Waals surface area (Å²) in [7, 11) is 0. The highest BCUT2D eigenvalue weighted by molar-refractivity contribution is 5.78. The van der Waals surface area contributed by atoms with Crippen LogP contribution in [-0.4, -0.2) is 21.0 Å². The highest BCUT2D eigenvalue weighted by atomic mass is 19.4. The van der Waals surface area contributed by atoms with Crippen LogP contribution in [0.15, 0.2) is 67.0 Å². The van der Waals surface area contributed by atoms with E-state index in [2.05, 4.69) is 20.1 Å². The van der Waals surface area contributed by atoms with Crippen molar-refractivity contribution in [2.75, 3.05) is 5.32 Å². The summed E-state index contributed by atoms with van der Waals surface area (Å²) in [6, 6.07) is 15.4. The Morgan fingerprint density at radius 2 is 1.86 bits per heavy atom. The Morgan fingerprint density at radius 3 is 2.64 bits per heavy atom. The van der Waals surface area contributed by atoms with E-state index in [1.807, 2.05) is 31.2 Å². The number of fused-ring (bicyclic) bond motifs is 1. The first-order valence-electron chi connectivity index (χ1n) is 8.42. The van der Waals surface area contributed by atoms with Crippen molar-refractivity contribution in [3.63, 3.8) is 0 Å². The lowest BCUT2D eigenvalue weighted by molar-refractivity contribution is -0.274. The Morgan fingerprint density at radius 1 is 1.04 bits per heavy atom. The molecule has 8 heteroatoms. The van der Waals surface area contributed by atoms with Gasteiger partial charge in [-0.1, -0.05) is 24.3 Å². The Hall–Kier alpha value is -3.55. The van der Waals surface area contributed by atoms with E-state index < -0.39 is 6.36 Å². The number of aryl methyl sites for hydroxylation is 1. The number of alkyl halides is 3. The van der Waals surface area contributed by atoms with Gasteiger partial charge in [0.15, 0.2) is 5.65 Å². The molecule has 0 aliphatic heterocycles. The van der Waals surface area contributed by atoms with Crippen molar-refractivity contribution < 1.29 is 17.9 Å². The molecule has 1 N–H and O–H groups in total. The van der Waals surface area contributed by atoms with Crippen LogP contribution in [0.25, 0.3) is 16.8 Å². The van der Waals surface area contributed by atoms with Gasteiger partial charge in [-0.25, -0.2) is 9.50 Å². The highest BCUT2D eigenvalue weighted by Crippen LogP contribution is 2.30. The number of nitrogens with one attached hydrogen (secondary N) is 1. The van der Waals surface area contributed by atoms with Crippen LogP contribution in [0.4, 0.5) is 24.7 Å². The Bertz CT molecular complexity index is 1140. The number of rotatable bonds is 4. The molecule has 4 aromatic rings. The van der Waals surface area contributed by atoms with Gasteiger partial charge in [-0.05, 0) is 48.4 Å². The quantitative estimate of drug-likeness (QED) is 0.516. The molecule has 0 bridgehead atoms. The van der Waals surface area contributed by atoms with Gasteiger partial charge in [0.25, 0.3) is 0 Å². The lowest BCUT2D eigenvalue weighted by Gasteiger charge is -2.10. The average Bonchev–Trinajstić information content (AvgIpc) is 3.04. The fourth-order valence-electron chi connectivity index (χ4n) is 2.87. The average molecular weight is 384 g/mol. The van der Waals surface area contributed by atoms with E-state index in [1.54, 1.807) is 29.0 Å². The van der Waals surface area contributed by atoms with E-state index in [1.165, 1.54) is 18.2 Å². The zero-order valence-electron chi connectivity index (χ0n) is 14.7. The number of anilines is 2. The van der Waals surface area contributed by atoms with Gasteiger partial charge in [-0.3, -0.25) is 0 Å². The normalized spacial score (nSPS) is 11.6. The molecule has 0 amide bonds. The largest absolute Gasteiger partial charge is 0.573 e. The summed E-state index contributed by atoms with van der Waals surface area (Å²) in [5, 5.41) is 7.45. The number of nitrogens with zero attached hydrogens (tertiary/aromatic N) is 3. The second kappa shape index (κ2) is 6.88. The molecule has 0 saturated heterocycles. The molecule has 0 radical (unpaired) electrons. The summed E-state index contributed by atoms with van der Waals surface area (Å²) in [6.07, 6.45) is -1.45. The molecule has 0 atom stereocenters. The molecule has 4 rings (SSSR count). The minimum absolute atomic E-state index is 0.293. The van der Waals surface area contributed by atoms with Crippen LogP contribution in [0.2, 0.25) is 0 Å². The van der Waals surface area contributed by atoms with Crippen LogP contribution in [0.3, 0.4) is 0 Å². The Kier molecular flexibility index (Phi) is 4.38. The van der Waals surface area contributed by atoms with Gasteiger partial charge in [0, 0.05) is 17.4 Å². The fourth-order valence-corrected chi connectivity index (χ4v) is 2.87. The van der Waals surface area contributed by atoms with Gasteiger partial charge in [-0.15, -0.1) is 13.2 Å². The third-order valence-electron chi connectivity index (χ3n) is 4.04. The third kappa shape index (κ3) is 3.90. The molecule has 2 aromatic carbocycles. The number of halogens is 3. The molecule has 0 unspecified atom stereocenters. The number of benzene rings is 2. The first-order chi connectivity index (χ1) is 13.4. The monoisotopic (exact) mass is 384 g/mol. The summed E-state index contributed by atoms with van der Waals surface area (Å²) in [5.41, 5.74) is 3.63. The molecule has 5 nitrogen and oxygen atoms in total. The van der Waals surface area contributed by atoms with E-state index in [9.17, 15) is 13.2 Å². The first kappa shape index (κ1) is 17.8. The highest BCUT2D eigenvalue weighted by Gasteiger charge is 2.31. The Labute approximate surface area is 158 Å². The standard InChI is InChI=1S/C20H15F3N4O/c1-13-4-2-6-15(10-13)25-18-8-9-27-19(26-18)17(12-24-27)14-5-3-7-16(11-14)28-20(21,22)23/h2-12H,1H3,(H,25,26). The van der Waals surface area contributed by atoms with E-state index in [4.69, 9.17) is 0 Å². The zero-order valence-corrected chi connectivity index (χ0v) is 14.7. The van der Waals surface area contributed by atoms with Crippen LogP contribution in [0.5, 0.6) is 5.75 Å². The second-order valence-corrected chi connectivity index (χ2v) is 6.21. The molecular weight excluding hydrogens is 369 g/mol. The van der Waals surface area contributed by atoms with Crippen LogP contribution in [0.1, 0.15) is 5.56 Å². The molecule has 142 valence electrons. The molecule has 0 saturated carbocycles. The minimum atomic E-state index is -4.75. The molecule has 0 spiro atoms. The minimum Gasteiger partial charge on any atom is -0.406 e. The molecular formula is C20H15F3N4O. The maximum absolute atomic E-state index is 12.5. The molecule has 0 fully saturated rings. The number of hydrogen-bond acceptors (Lipinski definition) is 4. The van der Waals surface area contributed by atoms with E-state index in [-0.39, 0.29) is 5.75 Å². The van der Waals surface area contributed by atoms with Crippen molar-refractivity contribution in [2.45, 2.75) is 13.3 Å².